The topological polar surface area (TPSA) is 181 Å². The SMILES string of the molecule is Cc1oc(=O)oc1COP(C)(=O)OOC[C@H]1O[C@@H](n2ccc3c(NC4CCCC4)nc(Cl)nc32)[C@H](O)[C@@H]1O. The van der Waals surface area contributed by atoms with E-state index in [9.17, 15) is 19.6 Å². The van der Waals surface area contributed by atoms with Crippen molar-refractivity contribution < 1.29 is 42.4 Å². The highest BCUT2D eigenvalue weighted by molar-refractivity contribution is 7.52. The molecule has 0 spiro atoms. The summed E-state index contributed by atoms with van der Waals surface area (Å²) in [6.45, 7) is 1.92. The third-order valence-electron chi connectivity index (χ3n) is 6.54. The summed E-state index contributed by atoms with van der Waals surface area (Å²) < 4.78 is 39.4. The van der Waals surface area contributed by atoms with E-state index in [1.807, 2.05) is 0 Å². The first kappa shape index (κ1) is 27.3. The fourth-order valence-electron chi connectivity index (χ4n) is 4.58. The molecule has 3 N–H and O–H groups in total. The lowest BCUT2D eigenvalue weighted by Crippen LogP contribution is -2.33. The predicted molar refractivity (Wildman–Crippen MR) is 132 cm³/mol. The zero-order valence-electron chi connectivity index (χ0n) is 20.6. The summed E-state index contributed by atoms with van der Waals surface area (Å²) in [7, 11) is -3.75. The Labute approximate surface area is 221 Å². The number of nitrogens with zero attached hydrogens (tertiary/aromatic N) is 3. The number of nitrogens with one attached hydrogen (secondary N) is 1. The number of rotatable bonds is 10. The van der Waals surface area contributed by atoms with Crippen molar-refractivity contribution >= 4 is 36.0 Å². The van der Waals surface area contributed by atoms with Gasteiger partial charge in [0.15, 0.2) is 12.0 Å². The molecule has 1 saturated carbocycles. The second kappa shape index (κ2) is 11.1. The van der Waals surface area contributed by atoms with Gasteiger partial charge in [0, 0.05) is 18.9 Å². The number of aliphatic hydroxyl groups excluding tert-OH is 2. The second-order valence-electron chi connectivity index (χ2n) is 9.31. The van der Waals surface area contributed by atoms with Crippen LogP contribution in [0.25, 0.3) is 11.0 Å². The van der Waals surface area contributed by atoms with E-state index in [2.05, 4.69) is 15.3 Å². The predicted octanol–water partition coefficient (Wildman–Crippen LogP) is 2.90. The molecule has 1 aliphatic carbocycles. The lowest BCUT2D eigenvalue weighted by molar-refractivity contribution is -0.240. The van der Waals surface area contributed by atoms with Gasteiger partial charge in [-0.2, -0.15) is 4.98 Å². The van der Waals surface area contributed by atoms with Crippen molar-refractivity contribution in [3.05, 3.63) is 39.7 Å². The molecular weight excluding hydrogens is 547 g/mol. The molecule has 2 aliphatic rings. The first-order valence-electron chi connectivity index (χ1n) is 12.1. The summed E-state index contributed by atoms with van der Waals surface area (Å²) in [5.74, 6) is -0.0691. The number of aromatic nitrogens is 3. The quantitative estimate of drug-likeness (QED) is 0.139. The molecule has 3 aromatic rings. The van der Waals surface area contributed by atoms with E-state index < -0.39 is 38.0 Å². The first-order chi connectivity index (χ1) is 18.1. The lowest BCUT2D eigenvalue weighted by atomic mass is 10.1. The van der Waals surface area contributed by atoms with Gasteiger partial charge in [0.2, 0.25) is 5.28 Å². The van der Waals surface area contributed by atoms with Gasteiger partial charge in [-0.15, -0.1) is 4.67 Å². The van der Waals surface area contributed by atoms with Crippen molar-refractivity contribution in [2.45, 2.75) is 69.8 Å². The minimum absolute atomic E-state index is 0.0304. The normalized spacial score (nSPS) is 25.8. The van der Waals surface area contributed by atoms with E-state index in [1.54, 1.807) is 16.8 Å². The number of halogens is 1. The van der Waals surface area contributed by atoms with Gasteiger partial charge in [0.1, 0.15) is 48.8 Å². The fourth-order valence-corrected chi connectivity index (χ4v) is 5.39. The maximum atomic E-state index is 12.5. The smallest absolute Gasteiger partial charge is 0.396 e. The van der Waals surface area contributed by atoms with E-state index >= 15 is 0 Å². The van der Waals surface area contributed by atoms with E-state index in [0.29, 0.717) is 22.9 Å². The van der Waals surface area contributed by atoms with Gasteiger partial charge in [-0.05, 0) is 37.4 Å². The van der Waals surface area contributed by atoms with Crippen LogP contribution in [0, 0.1) is 6.92 Å². The van der Waals surface area contributed by atoms with Crippen LogP contribution in [-0.2, 0) is 30.0 Å². The molecule has 2 fully saturated rings. The highest BCUT2D eigenvalue weighted by Crippen LogP contribution is 2.45. The Morgan fingerprint density at radius 3 is 2.71 bits per heavy atom. The van der Waals surface area contributed by atoms with Crippen LogP contribution in [0.5, 0.6) is 0 Å². The van der Waals surface area contributed by atoms with Crippen LogP contribution in [-0.4, -0.2) is 62.4 Å². The minimum Gasteiger partial charge on any atom is -0.396 e. The van der Waals surface area contributed by atoms with Crippen LogP contribution in [0.2, 0.25) is 5.28 Å². The number of aliphatic hydroxyl groups is 2. The van der Waals surface area contributed by atoms with Gasteiger partial charge in [0.05, 0.1) is 5.39 Å². The van der Waals surface area contributed by atoms with Gasteiger partial charge in [-0.3, -0.25) is 9.09 Å². The average Bonchev–Trinajstić information content (AvgIpc) is 3.63. The molecular formula is C22H28ClN4O10P. The number of anilines is 1. The van der Waals surface area contributed by atoms with Gasteiger partial charge in [-0.25, -0.2) is 14.7 Å². The van der Waals surface area contributed by atoms with E-state index in [1.165, 1.54) is 6.92 Å². The van der Waals surface area contributed by atoms with Crippen LogP contribution in [0.15, 0.2) is 25.9 Å². The number of ether oxygens (including phenoxy) is 1. The Morgan fingerprint density at radius 1 is 1.24 bits per heavy atom. The standard InChI is InChI=1S/C22H28ClN4O10P/c1-11-14(36-22(30)34-11)10-33-38(2,31)37-32-9-15-16(28)17(29)20(35-15)27-8-7-13-18(24-12-5-3-4-6-12)25-21(23)26-19(13)27/h7-8,12,15-17,20,28-29H,3-6,9-10H2,1-2H3,(H,24,25,26)/t15-,16-,17-,20-,38?/m1/s1. The van der Waals surface area contributed by atoms with Gasteiger partial charge >= 0.3 is 13.4 Å². The van der Waals surface area contributed by atoms with Gasteiger partial charge < -0.3 is 33.7 Å². The molecule has 16 heteroatoms. The Morgan fingerprint density at radius 2 is 2.00 bits per heavy atom. The Kier molecular flexibility index (Phi) is 7.94. The molecule has 1 saturated heterocycles. The van der Waals surface area contributed by atoms with E-state index in [-0.39, 0.29) is 30.0 Å². The summed E-state index contributed by atoms with van der Waals surface area (Å²) in [5, 5.41) is 25.4. The number of fused-ring (bicyclic) bond motifs is 1. The maximum Gasteiger partial charge on any atom is 0.519 e. The molecule has 0 aromatic carbocycles. The Hall–Kier alpha value is -2.29. The minimum atomic E-state index is -3.75. The lowest BCUT2D eigenvalue weighted by Gasteiger charge is -2.18. The van der Waals surface area contributed by atoms with Crippen molar-refractivity contribution in [1.29, 1.82) is 0 Å². The zero-order valence-corrected chi connectivity index (χ0v) is 22.3. The van der Waals surface area contributed by atoms with Gasteiger partial charge in [0.25, 0.3) is 0 Å². The van der Waals surface area contributed by atoms with Crippen LogP contribution in [0.4, 0.5) is 5.82 Å². The summed E-state index contributed by atoms with van der Waals surface area (Å²) in [4.78, 5) is 24.8. The third-order valence-corrected chi connectivity index (χ3v) is 7.68. The molecule has 4 heterocycles. The summed E-state index contributed by atoms with van der Waals surface area (Å²) in [6, 6.07) is 2.08. The summed E-state index contributed by atoms with van der Waals surface area (Å²) >= 11 is 6.19. The van der Waals surface area contributed by atoms with Crippen LogP contribution in [0.3, 0.4) is 0 Å². The second-order valence-corrected chi connectivity index (χ2v) is 11.6. The number of hydrogen-bond acceptors (Lipinski definition) is 13. The zero-order chi connectivity index (χ0) is 27.0. The molecule has 0 radical (unpaired) electrons. The number of aryl methyl sites for hydroxylation is 1. The Balaban J connectivity index is 1.22. The largest absolute Gasteiger partial charge is 0.519 e. The van der Waals surface area contributed by atoms with E-state index in [0.717, 1.165) is 32.3 Å². The average molecular weight is 575 g/mol. The molecule has 3 aromatic heterocycles. The molecule has 0 amide bonds. The van der Waals surface area contributed by atoms with Crippen molar-refractivity contribution in [2.24, 2.45) is 0 Å². The molecule has 14 nitrogen and oxygen atoms in total. The summed E-state index contributed by atoms with van der Waals surface area (Å²) in [6.07, 6.45) is 1.31. The monoisotopic (exact) mass is 574 g/mol. The van der Waals surface area contributed by atoms with E-state index in [4.69, 9.17) is 39.3 Å². The fraction of sp³-hybridized carbons (Fsp3) is 0.591. The van der Waals surface area contributed by atoms with Crippen molar-refractivity contribution in [3.63, 3.8) is 0 Å². The highest BCUT2D eigenvalue weighted by atomic mass is 35.5. The first-order valence-corrected chi connectivity index (χ1v) is 14.4. The van der Waals surface area contributed by atoms with Gasteiger partial charge in [-0.1, -0.05) is 12.8 Å². The molecule has 208 valence electrons. The van der Waals surface area contributed by atoms with Crippen LogP contribution < -0.4 is 11.1 Å². The molecule has 1 aliphatic heterocycles. The summed E-state index contributed by atoms with van der Waals surface area (Å²) in [5.41, 5.74) is 0.423. The molecule has 1 unspecified atom stereocenters. The molecule has 38 heavy (non-hydrogen) atoms. The van der Waals surface area contributed by atoms with Crippen LogP contribution >= 0.6 is 19.2 Å². The maximum absolute atomic E-state index is 12.5. The molecule has 5 rings (SSSR count). The van der Waals surface area contributed by atoms with Crippen molar-refractivity contribution in [3.8, 4) is 0 Å². The third kappa shape index (κ3) is 5.82. The van der Waals surface area contributed by atoms with Crippen molar-refractivity contribution in [1.82, 2.24) is 14.5 Å². The Bertz CT molecular complexity index is 1390. The van der Waals surface area contributed by atoms with Crippen LogP contribution in [0.1, 0.15) is 43.4 Å². The highest BCUT2D eigenvalue weighted by Gasteiger charge is 2.45. The number of hydrogen-bond donors (Lipinski definition) is 3. The van der Waals surface area contributed by atoms with Crippen molar-refractivity contribution in [2.75, 3.05) is 18.6 Å². The molecule has 0 bridgehead atoms. The molecule has 5 atom stereocenters.